The smallest absolute Gasteiger partial charge is 0.247 e. The summed E-state index contributed by atoms with van der Waals surface area (Å²) in [5, 5.41) is 0. The van der Waals surface area contributed by atoms with Gasteiger partial charge in [0, 0.05) is 36.1 Å². The Bertz CT molecular complexity index is 1300. The van der Waals surface area contributed by atoms with Crippen LogP contribution >= 0.6 is 0 Å². The number of ketones is 1. The third-order valence-corrected chi connectivity index (χ3v) is 6.28. The van der Waals surface area contributed by atoms with E-state index in [9.17, 15) is 4.79 Å². The summed E-state index contributed by atoms with van der Waals surface area (Å²) >= 11 is 0. The molecule has 1 aliphatic rings. The minimum absolute atomic E-state index is 0.0877. The van der Waals surface area contributed by atoms with Gasteiger partial charge in [-0.15, -0.1) is 0 Å². The van der Waals surface area contributed by atoms with Gasteiger partial charge in [0.15, 0.2) is 17.3 Å². The van der Waals surface area contributed by atoms with Gasteiger partial charge in [0.05, 0.1) is 6.20 Å². The average Bonchev–Trinajstić information content (AvgIpc) is 3.34. The van der Waals surface area contributed by atoms with Gasteiger partial charge in [0.1, 0.15) is 23.3 Å². The first-order valence-corrected chi connectivity index (χ1v) is 11.1. The Morgan fingerprint density at radius 1 is 1.24 bits per heavy atom. The Morgan fingerprint density at radius 3 is 2.76 bits per heavy atom. The largest absolute Gasteiger partial charge is 0.443 e. The molecule has 1 atom stereocenters. The molecule has 0 radical (unpaired) electrons. The number of fused-ring (bicyclic) bond motifs is 1. The molecule has 4 aromatic rings. The summed E-state index contributed by atoms with van der Waals surface area (Å²) in [5.74, 6) is 0.952. The fourth-order valence-electron chi connectivity index (χ4n) is 4.38. The van der Waals surface area contributed by atoms with Crippen molar-refractivity contribution in [3.05, 3.63) is 48.4 Å². The molecule has 1 unspecified atom stereocenters. The molecule has 1 fully saturated rings. The lowest BCUT2D eigenvalue weighted by Crippen LogP contribution is -2.30. The van der Waals surface area contributed by atoms with Crippen molar-refractivity contribution in [3.8, 4) is 22.8 Å². The van der Waals surface area contributed by atoms with E-state index in [-0.39, 0.29) is 17.3 Å². The van der Waals surface area contributed by atoms with Gasteiger partial charge in [0.2, 0.25) is 5.89 Å². The van der Waals surface area contributed by atoms with Crippen molar-refractivity contribution in [3.63, 3.8) is 0 Å². The van der Waals surface area contributed by atoms with Crippen LogP contribution in [0.15, 0.2) is 41.4 Å². The van der Waals surface area contributed by atoms with Crippen molar-refractivity contribution in [2.24, 2.45) is 5.92 Å². The topological polar surface area (TPSA) is 115 Å². The molecule has 0 spiro atoms. The minimum atomic E-state index is -0.104. The van der Waals surface area contributed by atoms with Crippen molar-refractivity contribution < 1.29 is 9.21 Å². The lowest BCUT2D eigenvalue weighted by atomic mass is 10.0. The highest BCUT2D eigenvalue weighted by Gasteiger charge is 2.33. The third kappa shape index (κ3) is 4.11. The van der Waals surface area contributed by atoms with Crippen LogP contribution in [0, 0.1) is 12.8 Å². The Labute approximate surface area is 191 Å². The van der Waals surface area contributed by atoms with Gasteiger partial charge in [-0.2, -0.15) is 0 Å². The van der Waals surface area contributed by atoms with Gasteiger partial charge in [-0.25, -0.2) is 19.9 Å². The van der Waals surface area contributed by atoms with Gasteiger partial charge in [-0.05, 0) is 58.3 Å². The molecular weight excluding hydrogens is 418 g/mol. The maximum absolute atomic E-state index is 13.2. The number of Topliss-reactive ketones (excluding diaryl/α,β-unsaturated/α-hetero) is 1. The molecular formula is C24H27N7O2. The molecule has 4 heterocycles. The molecule has 0 aromatic carbocycles. The highest BCUT2D eigenvalue weighted by Crippen LogP contribution is 2.37. The lowest BCUT2D eigenvalue weighted by Gasteiger charge is -2.23. The number of nitrogen functional groups attached to an aromatic ring is 1. The number of imidazole rings is 1. The van der Waals surface area contributed by atoms with E-state index in [4.69, 9.17) is 15.1 Å². The summed E-state index contributed by atoms with van der Waals surface area (Å²) < 4.78 is 7.46. The SMILES string of the molecule is Cc1cnc2ccc(-c3nc(C(=O)CCC(C4CC4)N(C)C)c(N)nc3-c3ncco3)cn12. The molecule has 1 saturated carbocycles. The van der Waals surface area contributed by atoms with Gasteiger partial charge < -0.3 is 19.5 Å². The lowest BCUT2D eigenvalue weighted by molar-refractivity contribution is 0.0961. The first-order chi connectivity index (χ1) is 15.9. The van der Waals surface area contributed by atoms with Crippen LogP contribution in [0.25, 0.3) is 28.5 Å². The van der Waals surface area contributed by atoms with Crippen molar-refractivity contribution >= 4 is 17.2 Å². The second-order valence-corrected chi connectivity index (χ2v) is 8.87. The van der Waals surface area contributed by atoms with E-state index >= 15 is 0 Å². The van der Waals surface area contributed by atoms with Gasteiger partial charge in [-0.1, -0.05) is 0 Å². The fourth-order valence-corrected chi connectivity index (χ4v) is 4.38. The molecule has 170 valence electrons. The molecule has 0 aliphatic heterocycles. The number of hydrogen-bond donors (Lipinski definition) is 1. The Balaban J connectivity index is 1.54. The zero-order valence-electron chi connectivity index (χ0n) is 19.0. The number of oxazole rings is 1. The molecule has 4 aromatic heterocycles. The number of nitrogens with two attached hydrogens (primary N) is 1. The zero-order valence-corrected chi connectivity index (χ0v) is 19.0. The Hall–Kier alpha value is -3.59. The number of hydrogen-bond acceptors (Lipinski definition) is 8. The molecule has 0 bridgehead atoms. The highest BCUT2D eigenvalue weighted by atomic mass is 16.3. The molecule has 0 amide bonds. The summed E-state index contributed by atoms with van der Waals surface area (Å²) in [6.45, 7) is 1.98. The quantitative estimate of drug-likeness (QED) is 0.409. The first kappa shape index (κ1) is 21.3. The monoisotopic (exact) mass is 445 g/mol. The normalized spacial score (nSPS) is 14.8. The summed E-state index contributed by atoms with van der Waals surface area (Å²) in [5.41, 5.74) is 9.88. The number of carbonyl (C=O) groups excluding carboxylic acids is 1. The van der Waals surface area contributed by atoms with E-state index in [1.54, 1.807) is 12.4 Å². The number of rotatable bonds is 8. The van der Waals surface area contributed by atoms with Crippen LogP contribution in [0.1, 0.15) is 41.9 Å². The van der Waals surface area contributed by atoms with Crippen LogP contribution in [0.2, 0.25) is 0 Å². The van der Waals surface area contributed by atoms with Crippen LogP contribution in [0.3, 0.4) is 0 Å². The molecule has 9 heteroatoms. The third-order valence-electron chi connectivity index (χ3n) is 6.28. The summed E-state index contributed by atoms with van der Waals surface area (Å²) in [6.07, 6.45) is 10.3. The summed E-state index contributed by atoms with van der Waals surface area (Å²) in [6, 6.07) is 4.19. The summed E-state index contributed by atoms with van der Waals surface area (Å²) in [4.78, 5) is 33.2. The number of aromatic nitrogens is 5. The second-order valence-electron chi connectivity index (χ2n) is 8.87. The Kier molecular flexibility index (Phi) is 5.41. The number of aryl methyl sites for hydroxylation is 1. The zero-order chi connectivity index (χ0) is 23.1. The second kappa shape index (κ2) is 8.40. The van der Waals surface area contributed by atoms with Crippen LogP contribution < -0.4 is 5.73 Å². The average molecular weight is 446 g/mol. The number of carbonyl (C=O) groups is 1. The number of anilines is 1. The van der Waals surface area contributed by atoms with Gasteiger partial charge >= 0.3 is 0 Å². The van der Waals surface area contributed by atoms with Gasteiger partial charge in [0.25, 0.3) is 0 Å². The molecule has 5 rings (SSSR count). The van der Waals surface area contributed by atoms with Crippen LogP contribution in [-0.4, -0.2) is 55.2 Å². The van der Waals surface area contributed by atoms with Crippen molar-refractivity contribution in [1.82, 2.24) is 29.2 Å². The maximum atomic E-state index is 13.2. The standard InChI is InChI=1S/C24H27N7O2/c1-14-12-27-19-9-6-16(13-31(14)19)20-22(24-26-10-11-33-24)29-23(25)21(28-20)18(32)8-7-17(30(2)3)15-4-5-15/h6,9-13,15,17H,4-5,7-8H2,1-3H3,(H2,25,29). The molecule has 2 N–H and O–H groups in total. The number of nitrogens with zero attached hydrogens (tertiary/aromatic N) is 6. The maximum Gasteiger partial charge on any atom is 0.247 e. The molecule has 9 nitrogen and oxygen atoms in total. The van der Waals surface area contributed by atoms with Crippen molar-refractivity contribution in [2.75, 3.05) is 19.8 Å². The molecule has 0 saturated heterocycles. The van der Waals surface area contributed by atoms with E-state index < -0.39 is 0 Å². The van der Waals surface area contributed by atoms with E-state index in [2.05, 4.69) is 33.9 Å². The predicted octanol–water partition coefficient (Wildman–Crippen LogP) is 3.64. The van der Waals surface area contributed by atoms with E-state index in [1.807, 2.05) is 29.7 Å². The van der Waals surface area contributed by atoms with Crippen LogP contribution in [0.4, 0.5) is 5.82 Å². The molecule has 1 aliphatic carbocycles. The predicted molar refractivity (Wildman–Crippen MR) is 125 cm³/mol. The van der Waals surface area contributed by atoms with Crippen LogP contribution in [0.5, 0.6) is 0 Å². The fraction of sp³-hybridized carbons (Fsp3) is 0.375. The number of pyridine rings is 1. The van der Waals surface area contributed by atoms with Crippen molar-refractivity contribution in [2.45, 2.75) is 38.6 Å². The molecule has 33 heavy (non-hydrogen) atoms. The highest BCUT2D eigenvalue weighted by molar-refractivity contribution is 5.99. The summed E-state index contributed by atoms with van der Waals surface area (Å²) in [7, 11) is 4.14. The van der Waals surface area contributed by atoms with E-state index in [0.29, 0.717) is 35.7 Å². The van der Waals surface area contributed by atoms with Crippen molar-refractivity contribution in [1.29, 1.82) is 0 Å². The van der Waals surface area contributed by atoms with Crippen LogP contribution in [-0.2, 0) is 0 Å². The van der Waals surface area contributed by atoms with E-state index in [0.717, 1.165) is 23.3 Å². The first-order valence-electron chi connectivity index (χ1n) is 11.1. The van der Waals surface area contributed by atoms with Gasteiger partial charge in [-0.3, -0.25) is 4.79 Å². The van der Waals surface area contributed by atoms with E-state index in [1.165, 1.54) is 19.1 Å². The Morgan fingerprint density at radius 2 is 2.06 bits per heavy atom. The minimum Gasteiger partial charge on any atom is -0.443 e.